The summed E-state index contributed by atoms with van der Waals surface area (Å²) in [6.45, 7) is 11.5. The average Bonchev–Trinajstić information content (AvgIpc) is 2.92. The number of unbranched alkanes of at least 4 members (excludes halogenated alkanes) is 2. The molecule has 0 aromatic heterocycles. The number of carbonyl (C=O) groups excluding carboxylic acids is 1. The fourth-order valence-electron chi connectivity index (χ4n) is 5.09. The van der Waals surface area contributed by atoms with E-state index in [1.54, 1.807) is 0 Å². The molecule has 1 fully saturated rings. The summed E-state index contributed by atoms with van der Waals surface area (Å²) in [5, 5.41) is 0. The highest BCUT2D eigenvalue weighted by molar-refractivity contribution is 6.03. The van der Waals surface area contributed by atoms with Gasteiger partial charge in [-0.2, -0.15) is 0 Å². The molecule has 0 N–H and O–H groups in total. The number of hydrogen-bond donors (Lipinski definition) is 0. The van der Waals surface area contributed by atoms with E-state index in [0.717, 1.165) is 95.0 Å². The number of Topliss-reactive ketones (excluding diaryl/α,β-unsaturated/α-hetero) is 1. The molecule has 1 unspecified atom stereocenters. The number of morpholine rings is 1. The molecule has 0 spiro atoms. The molecule has 1 atom stereocenters. The van der Waals surface area contributed by atoms with Gasteiger partial charge in [-0.05, 0) is 81.2 Å². The zero-order valence-corrected chi connectivity index (χ0v) is 22.9. The number of rotatable bonds is 15. The number of nitrogens with zero attached hydrogens (tertiary/aromatic N) is 2. The standard InChI is InChI=1S/C31H46N2O3/c1-5-8-19-32(4)31(18-7-3,25-26-10-16-29(17-11-26)36-22-9-6-2)30(34)27-12-14-28(15-13-27)33-20-23-35-24-21-33/h10-17H,5-9,18-25H2,1-4H3. The second kappa shape index (κ2) is 14.4. The third-order valence-corrected chi connectivity index (χ3v) is 7.36. The van der Waals surface area contributed by atoms with Gasteiger partial charge in [0.25, 0.3) is 0 Å². The summed E-state index contributed by atoms with van der Waals surface area (Å²) in [4.78, 5) is 18.9. The maximum atomic E-state index is 14.3. The third kappa shape index (κ3) is 7.33. The average molecular weight is 495 g/mol. The van der Waals surface area contributed by atoms with E-state index < -0.39 is 5.54 Å². The Hall–Kier alpha value is -2.37. The Labute approximate surface area is 218 Å². The number of ether oxygens (including phenoxy) is 2. The van der Waals surface area contributed by atoms with Gasteiger partial charge in [0.1, 0.15) is 5.75 Å². The predicted molar refractivity (Wildman–Crippen MR) is 150 cm³/mol. The summed E-state index contributed by atoms with van der Waals surface area (Å²) >= 11 is 0. The van der Waals surface area contributed by atoms with Crippen molar-refractivity contribution in [2.24, 2.45) is 0 Å². The van der Waals surface area contributed by atoms with Gasteiger partial charge in [0, 0.05) is 24.3 Å². The van der Waals surface area contributed by atoms with Gasteiger partial charge in [-0.15, -0.1) is 0 Å². The van der Waals surface area contributed by atoms with Gasteiger partial charge in [-0.25, -0.2) is 0 Å². The van der Waals surface area contributed by atoms with Crippen LogP contribution in [-0.2, 0) is 11.2 Å². The quantitative estimate of drug-likeness (QED) is 0.212. The van der Waals surface area contributed by atoms with Crippen molar-refractivity contribution >= 4 is 11.5 Å². The van der Waals surface area contributed by atoms with Crippen molar-refractivity contribution in [2.45, 2.75) is 71.3 Å². The normalized spacial score (nSPS) is 15.6. The largest absolute Gasteiger partial charge is 0.494 e. The first-order valence-electron chi connectivity index (χ1n) is 13.9. The Morgan fingerprint density at radius 2 is 1.61 bits per heavy atom. The highest BCUT2D eigenvalue weighted by Crippen LogP contribution is 2.32. The van der Waals surface area contributed by atoms with E-state index >= 15 is 0 Å². The first-order valence-corrected chi connectivity index (χ1v) is 13.9. The predicted octanol–water partition coefficient (Wildman–Crippen LogP) is 6.40. The fraction of sp³-hybridized carbons (Fsp3) is 0.581. The zero-order chi connectivity index (χ0) is 25.8. The smallest absolute Gasteiger partial charge is 0.183 e. The summed E-state index contributed by atoms with van der Waals surface area (Å²) in [5.41, 5.74) is 2.56. The van der Waals surface area contributed by atoms with Crippen LogP contribution in [0.2, 0.25) is 0 Å². The minimum absolute atomic E-state index is 0.222. The molecule has 0 saturated carbocycles. The van der Waals surface area contributed by atoms with Crippen LogP contribution in [-0.4, -0.2) is 62.7 Å². The lowest BCUT2D eigenvalue weighted by Crippen LogP contribution is -2.55. The van der Waals surface area contributed by atoms with Gasteiger partial charge >= 0.3 is 0 Å². The molecule has 3 rings (SSSR count). The minimum atomic E-state index is -0.574. The van der Waals surface area contributed by atoms with Crippen molar-refractivity contribution in [1.29, 1.82) is 0 Å². The minimum Gasteiger partial charge on any atom is -0.494 e. The summed E-state index contributed by atoms with van der Waals surface area (Å²) in [6, 6.07) is 16.6. The number of carbonyl (C=O) groups is 1. The van der Waals surface area contributed by atoms with Crippen LogP contribution in [0.4, 0.5) is 5.69 Å². The van der Waals surface area contributed by atoms with E-state index in [4.69, 9.17) is 9.47 Å². The first-order chi connectivity index (χ1) is 17.5. The number of benzene rings is 2. The van der Waals surface area contributed by atoms with E-state index in [0.29, 0.717) is 6.42 Å². The molecular weight excluding hydrogens is 448 g/mol. The van der Waals surface area contributed by atoms with E-state index in [9.17, 15) is 4.79 Å². The van der Waals surface area contributed by atoms with Crippen molar-refractivity contribution in [3.63, 3.8) is 0 Å². The molecule has 1 heterocycles. The number of likely N-dealkylation sites (N-methyl/N-ethyl adjacent to an activating group) is 1. The topological polar surface area (TPSA) is 42.0 Å². The third-order valence-electron chi connectivity index (χ3n) is 7.36. The summed E-state index contributed by atoms with van der Waals surface area (Å²) in [7, 11) is 2.13. The highest BCUT2D eigenvalue weighted by Gasteiger charge is 2.41. The molecule has 1 aliphatic rings. The first kappa shape index (κ1) is 28.2. The maximum absolute atomic E-state index is 14.3. The van der Waals surface area contributed by atoms with Crippen LogP contribution in [0.15, 0.2) is 48.5 Å². The summed E-state index contributed by atoms with van der Waals surface area (Å²) in [6.07, 6.45) is 6.84. The Kier molecular flexibility index (Phi) is 11.3. The van der Waals surface area contributed by atoms with Crippen molar-refractivity contribution in [2.75, 3.05) is 51.4 Å². The molecule has 2 aromatic rings. The van der Waals surface area contributed by atoms with Gasteiger partial charge in [0.15, 0.2) is 5.78 Å². The summed E-state index contributed by atoms with van der Waals surface area (Å²) < 4.78 is 11.4. The Balaban J connectivity index is 1.86. The lowest BCUT2D eigenvalue weighted by Gasteiger charge is -2.41. The molecule has 5 heteroatoms. The molecule has 0 bridgehead atoms. The zero-order valence-electron chi connectivity index (χ0n) is 22.9. The molecule has 198 valence electrons. The Bertz CT molecular complexity index is 906. The molecule has 0 amide bonds. The number of anilines is 1. The van der Waals surface area contributed by atoms with Gasteiger partial charge < -0.3 is 14.4 Å². The van der Waals surface area contributed by atoms with Crippen LogP contribution in [0.5, 0.6) is 5.75 Å². The van der Waals surface area contributed by atoms with Crippen molar-refractivity contribution in [1.82, 2.24) is 4.90 Å². The van der Waals surface area contributed by atoms with Crippen LogP contribution in [0.3, 0.4) is 0 Å². The molecule has 36 heavy (non-hydrogen) atoms. The molecule has 5 nitrogen and oxygen atoms in total. The fourth-order valence-corrected chi connectivity index (χ4v) is 5.09. The van der Waals surface area contributed by atoms with Gasteiger partial charge in [-0.1, -0.05) is 52.2 Å². The van der Waals surface area contributed by atoms with Gasteiger partial charge in [0.2, 0.25) is 0 Å². The van der Waals surface area contributed by atoms with E-state index in [-0.39, 0.29) is 5.78 Å². The van der Waals surface area contributed by atoms with Crippen molar-refractivity contribution in [3.05, 3.63) is 59.7 Å². The van der Waals surface area contributed by atoms with Gasteiger partial charge in [0.05, 0.1) is 25.4 Å². The molecule has 2 aromatic carbocycles. The van der Waals surface area contributed by atoms with Crippen LogP contribution in [0.25, 0.3) is 0 Å². The Morgan fingerprint density at radius 3 is 2.22 bits per heavy atom. The monoisotopic (exact) mass is 494 g/mol. The molecule has 1 saturated heterocycles. The van der Waals surface area contributed by atoms with Crippen LogP contribution in [0.1, 0.15) is 75.2 Å². The van der Waals surface area contributed by atoms with Crippen LogP contribution in [0, 0.1) is 0 Å². The molecule has 0 aliphatic carbocycles. The van der Waals surface area contributed by atoms with Gasteiger partial charge in [-0.3, -0.25) is 9.69 Å². The summed E-state index contributed by atoms with van der Waals surface area (Å²) in [5.74, 6) is 1.12. The van der Waals surface area contributed by atoms with Crippen LogP contribution < -0.4 is 9.64 Å². The maximum Gasteiger partial charge on any atom is 0.183 e. The second-order valence-electron chi connectivity index (χ2n) is 10.1. The lowest BCUT2D eigenvalue weighted by molar-refractivity contribution is 0.0578. The molecular formula is C31H46N2O3. The molecule has 1 aliphatic heterocycles. The molecule has 0 radical (unpaired) electrons. The highest BCUT2D eigenvalue weighted by atomic mass is 16.5. The number of ketones is 1. The second-order valence-corrected chi connectivity index (χ2v) is 10.1. The van der Waals surface area contributed by atoms with Crippen LogP contribution >= 0.6 is 0 Å². The van der Waals surface area contributed by atoms with E-state index in [1.165, 1.54) is 5.56 Å². The lowest BCUT2D eigenvalue weighted by atomic mass is 9.78. The van der Waals surface area contributed by atoms with E-state index in [1.807, 2.05) is 12.1 Å². The van der Waals surface area contributed by atoms with E-state index in [2.05, 4.69) is 74.0 Å². The van der Waals surface area contributed by atoms with Crippen molar-refractivity contribution in [3.8, 4) is 5.75 Å². The van der Waals surface area contributed by atoms with Crippen molar-refractivity contribution < 1.29 is 14.3 Å². The number of hydrogen-bond acceptors (Lipinski definition) is 5. The SMILES string of the molecule is CCCCOc1ccc(CC(CCC)(C(=O)c2ccc(N3CCOCC3)cc2)N(C)CCCC)cc1. The Morgan fingerprint density at radius 1 is 0.944 bits per heavy atom.